The van der Waals surface area contributed by atoms with Crippen LogP contribution in [0.1, 0.15) is 50.4 Å². The lowest BCUT2D eigenvalue weighted by Crippen LogP contribution is -2.48. The highest BCUT2D eigenvalue weighted by Crippen LogP contribution is 2.24. The zero-order valence-electron chi connectivity index (χ0n) is 27.5. The van der Waals surface area contributed by atoms with Gasteiger partial charge in [-0.25, -0.2) is 12.8 Å². The first-order valence-corrected chi connectivity index (χ1v) is 18.1. The highest BCUT2D eigenvalue weighted by Gasteiger charge is 2.25. The van der Waals surface area contributed by atoms with Crippen molar-refractivity contribution in [2.24, 2.45) is 0 Å². The summed E-state index contributed by atoms with van der Waals surface area (Å²) in [5, 5.41) is 3.78. The molecule has 2 fully saturated rings. The topological polar surface area (TPSA) is 112 Å². The van der Waals surface area contributed by atoms with E-state index >= 15 is 0 Å². The number of amides is 2. The number of methoxy groups -OCH3 is 1. The summed E-state index contributed by atoms with van der Waals surface area (Å²) in [6, 6.07) is 17.4. The third-order valence-electron chi connectivity index (χ3n) is 9.24. The Kier molecular flexibility index (Phi) is 9.86. The van der Waals surface area contributed by atoms with Gasteiger partial charge in [-0.2, -0.15) is 0 Å². The highest BCUT2D eigenvalue weighted by molar-refractivity contribution is 7.90. The molecule has 12 heteroatoms. The average Bonchev–Trinajstić information content (AvgIpc) is 3.49. The van der Waals surface area contributed by atoms with Crippen molar-refractivity contribution < 1.29 is 31.6 Å². The normalized spacial score (nSPS) is 16.7. The summed E-state index contributed by atoms with van der Waals surface area (Å²) >= 11 is 0. The fourth-order valence-electron chi connectivity index (χ4n) is 6.62. The van der Waals surface area contributed by atoms with Crippen molar-refractivity contribution in [2.45, 2.75) is 43.8 Å². The highest BCUT2D eigenvalue weighted by atomic mass is 32.2. The number of hydrogen-bond donors (Lipinski definition) is 1. The van der Waals surface area contributed by atoms with E-state index in [1.54, 1.807) is 36.4 Å². The molecule has 4 aromatic rings. The summed E-state index contributed by atoms with van der Waals surface area (Å²) < 4.78 is 48.8. The first kappa shape index (κ1) is 33.6. The van der Waals surface area contributed by atoms with Crippen LogP contribution in [0.4, 0.5) is 4.39 Å². The molecule has 0 bridgehead atoms. The van der Waals surface area contributed by atoms with E-state index in [4.69, 9.17) is 9.15 Å². The molecular weight excluding hydrogens is 635 g/mol. The van der Waals surface area contributed by atoms with E-state index in [1.807, 2.05) is 30.0 Å². The molecule has 0 saturated carbocycles. The van der Waals surface area contributed by atoms with Gasteiger partial charge < -0.3 is 19.4 Å². The van der Waals surface area contributed by atoms with Crippen LogP contribution in [0.2, 0.25) is 0 Å². The molecule has 3 heterocycles. The van der Waals surface area contributed by atoms with Gasteiger partial charge >= 0.3 is 0 Å². The Morgan fingerprint density at radius 2 is 1.56 bits per heavy atom. The second-order valence-electron chi connectivity index (χ2n) is 12.8. The Hall–Kier alpha value is -4.26. The lowest BCUT2D eigenvalue weighted by atomic mass is 10.0. The quantitative estimate of drug-likeness (QED) is 0.273. The fraction of sp³-hybridized carbons (Fsp3) is 0.389. The van der Waals surface area contributed by atoms with E-state index in [-0.39, 0.29) is 35.2 Å². The molecule has 2 amide bonds. The van der Waals surface area contributed by atoms with Gasteiger partial charge in [0.05, 0.1) is 12.0 Å². The van der Waals surface area contributed by atoms with Gasteiger partial charge in [-0.1, -0.05) is 18.2 Å². The summed E-state index contributed by atoms with van der Waals surface area (Å²) in [5.74, 6) is -0.289. The molecule has 2 aliphatic rings. The van der Waals surface area contributed by atoms with Crippen LogP contribution >= 0.6 is 0 Å². The number of benzene rings is 3. The molecule has 6 rings (SSSR count). The molecule has 2 aliphatic heterocycles. The van der Waals surface area contributed by atoms with Crippen molar-refractivity contribution in [1.29, 1.82) is 0 Å². The molecule has 48 heavy (non-hydrogen) atoms. The van der Waals surface area contributed by atoms with Crippen LogP contribution in [0.25, 0.3) is 11.0 Å². The Bertz CT molecular complexity index is 1930. The summed E-state index contributed by atoms with van der Waals surface area (Å²) in [7, 11) is -1.81. The molecular formula is C36H41FN4O6S. The minimum Gasteiger partial charge on any atom is -0.494 e. The molecule has 3 aromatic carbocycles. The van der Waals surface area contributed by atoms with E-state index in [2.05, 4.69) is 15.1 Å². The minimum atomic E-state index is -3.26. The largest absolute Gasteiger partial charge is 0.494 e. The second kappa shape index (κ2) is 14.1. The van der Waals surface area contributed by atoms with Crippen LogP contribution in [0.3, 0.4) is 0 Å². The number of halogens is 1. The zero-order valence-corrected chi connectivity index (χ0v) is 28.3. The van der Waals surface area contributed by atoms with E-state index in [0.717, 1.165) is 42.6 Å². The number of nitrogens with one attached hydrogen (secondary N) is 1. The van der Waals surface area contributed by atoms with Gasteiger partial charge in [-0.3, -0.25) is 19.4 Å². The van der Waals surface area contributed by atoms with Crippen LogP contribution in [0.15, 0.2) is 70.0 Å². The first-order valence-electron chi connectivity index (χ1n) is 16.2. The van der Waals surface area contributed by atoms with Crippen LogP contribution < -0.4 is 10.1 Å². The van der Waals surface area contributed by atoms with Crippen LogP contribution in [-0.4, -0.2) is 93.6 Å². The van der Waals surface area contributed by atoms with Crippen molar-refractivity contribution >= 4 is 32.6 Å². The number of piperazine rings is 1. The molecule has 1 aromatic heterocycles. The second-order valence-corrected chi connectivity index (χ2v) is 14.8. The molecule has 0 unspecified atom stereocenters. The van der Waals surface area contributed by atoms with Crippen molar-refractivity contribution in [1.82, 2.24) is 20.0 Å². The molecule has 10 nitrogen and oxygen atoms in total. The number of fused-ring (bicyclic) bond motifs is 1. The number of aryl methyl sites for hydroxylation is 1. The van der Waals surface area contributed by atoms with Crippen molar-refractivity contribution in [3.8, 4) is 5.75 Å². The van der Waals surface area contributed by atoms with Crippen molar-refractivity contribution in [3.63, 3.8) is 0 Å². The molecule has 0 atom stereocenters. The van der Waals surface area contributed by atoms with E-state index < -0.39 is 9.84 Å². The number of sulfone groups is 1. The summed E-state index contributed by atoms with van der Waals surface area (Å²) in [5.41, 5.74) is 3.74. The van der Waals surface area contributed by atoms with Gasteiger partial charge in [0.1, 0.15) is 5.58 Å². The third-order valence-corrected chi connectivity index (χ3v) is 10.5. The third kappa shape index (κ3) is 7.72. The number of hydrogen-bond acceptors (Lipinski definition) is 8. The number of likely N-dealkylation sites (tertiary alicyclic amines) is 1. The lowest BCUT2D eigenvalue weighted by molar-refractivity contribution is 0.0628. The van der Waals surface area contributed by atoms with Crippen molar-refractivity contribution in [2.75, 3.05) is 52.6 Å². The Morgan fingerprint density at radius 3 is 2.21 bits per heavy atom. The predicted octanol–water partition coefficient (Wildman–Crippen LogP) is 4.64. The smallest absolute Gasteiger partial charge is 0.287 e. The average molecular weight is 677 g/mol. The number of piperidine rings is 1. The molecule has 0 spiro atoms. The maximum atomic E-state index is 14.1. The minimum absolute atomic E-state index is 0.00115. The van der Waals surface area contributed by atoms with Gasteiger partial charge in [0.15, 0.2) is 27.2 Å². The number of nitrogens with zero attached hydrogens (tertiary/aromatic N) is 3. The first-order chi connectivity index (χ1) is 23.0. The van der Waals surface area contributed by atoms with E-state index in [9.17, 15) is 22.4 Å². The summed E-state index contributed by atoms with van der Waals surface area (Å²) in [6.45, 7) is 7.23. The number of rotatable bonds is 9. The van der Waals surface area contributed by atoms with Gasteiger partial charge in [0.2, 0.25) is 0 Å². The number of ether oxygens (including phenoxy) is 1. The van der Waals surface area contributed by atoms with E-state index in [0.29, 0.717) is 60.7 Å². The lowest BCUT2D eigenvalue weighted by Gasteiger charge is -2.35. The Morgan fingerprint density at radius 1 is 0.896 bits per heavy atom. The van der Waals surface area contributed by atoms with Gasteiger partial charge in [0, 0.05) is 75.6 Å². The number of carbonyl (C=O) groups excluding carboxylic acids is 2. The molecule has 254 valence electrons. The van der Waals surface area contributed by atoms with Gasteiger partial charge in [0.25, 0.3) is 11.8 Å². The fourth-order valence-corrected chi connectivity index (χ4v) is 7.58. The van der Waals surface area contributed by atoms with Gasteiger partial charge in [-0.15, -0.1) is 0 Å². The van der Waals surface area contributed by atoms with Gasteiger partial charge in [-0.05, 0) is 78.9 Å². The predicted molar refractivity (Wildman–Crippen MR) is 180 cm³/mol. The summed E-state index contributed by atoms with van der Waals surface area (Å²) in [6.07, 6.45) is 2.76. The SMILES string of the molecule is COc1ccc(CN2CCC(NC(=O)c3cc4cc(C(=O)N5CCN(Cc6ccc(S(C)(=O)=O)c(C)c6)CC5)ccc4o3)CC2)cc1F. The number of furan rings is 1. The maximum Gasteiger partial charge on any atom is 0.287 e. The Labute approximate surface area is 280 Å². The Balaban J connectivity index is 0.992. The van der Waals surface area contributed by atoms with Crippen molar-refractivity contribution in [3.05, 3.63) is 94.5 Å². The maximum absolute atomic E-state index is 14.1. The summed E-state index contributed by atoms with van der Waals surface area (Å²) in [4.78, 5) is 33.2. The number of carbonyl (C=O) groups is 2. The molecule has 2 saturated heterocycles. The van der Waals surface area contributed by atoms with E-state index in [1.165, 1.54) is 19.4 Å². The zero-order chi connectivity index (χ0) is 34.0. The van der Waals surface area contributed by atoms with Crippen LogP contribution in [0.5, 0.6) is 5.75 Å². The molecule has 0 aliphatic carbocycles. The monoisotopic (exact) mass is 676 g/mol. The van der Waals surface area contributed by atoms with Crippen LogP contribution in [-0.2, 0) is 22.9 Å². The molecule has 0 radical (unpaired) electrons. The molecule has 1 N–H and O–H groups in total. The van der Waals surface area contributed by atoms with Crippen LogP contribution in [0, 0.1) is 12.7 Å². The standard InChI is InChI=1S/C36H41FN4O6S/c1-24-18-25(5-9-34(24)48(3,44)45)22-40-14-16-41(17-15-40)36(43)27-6-8-31-28(20-27)21-33(47-31)35(42)38-29-10-12-39(13-11-29)23-26-4-7-32(46-2)30(37)19-26/h4-9,18-21,29H,10-17,22-23H2,1-3H3,(H,38,42).